The molecule has 0 radical (unpaired) electrons. The van der Waals surface area contributed by atoms with E-state index in [1.54, 1.807) is 0 Å². The summed E-state index contributed by atoms with van der Waals surface area (Å²) in [4.78, 5) is 18.4. The summed E-state index contributed by atoms with van der Waals surface area (Å²) in [7, 11) is 2.09. The number of amidine groups is 1. The van der Waals surface area contributed by atoms with Crippen LogP contribution in [0, 0.1) is 0 Å². The lowest BCUT2D eigenvalue weighted by atomic mass is 9.88. The van der Waals surface area contributed by atoms with E-state index in [0.29, 0.717) is 0 Å². The number of hydrogen-bond acceptors (Lipinski definition) is 3. The van der Waals surface area contributed by atoms with E-state index in [1.807, 2.05) is 0 Å². The summed E-state index contributed by atoms with van der Waals surface area (Å²) in [5.41, 5.74) is -0.385. The zero-order chi connectivity index (χ0) is 9.47. The quantitative estimate of drug-likeness (QED) is 0.482. The molecule has 1 amide bonds. The number of amides is 1. The van der Waals surface area contributed by atoms with Crippen molar-refractivity contribution in [2.45, 2.75) is 18.4 Å². The monoisotopic (exact) mass is 195 g/mol. The third kappa shape index (κ3) is 1.52. The van der Waals surface area contributed by atoms with Crippen molar-refractivity contribution >= 4 is 26.9 Å². The number of piperidine rings is 1. The van der Waals surface area contributed by atoms with Crippen LogP contribution in [0.1, 0.15) is 12.8 Å². The summed E-state index contributed by atoms with van der Waals surface area (Å²) in [5.74, 6) is 0.130. The summed E-state index contributed by atoms with van der Waals surface area (Å²) >= 11 is 0.847. The first-order valence-corrected chi connectivity index (χ1v) is 5.69. The Kier molecular flexibility index (Phi) is 2.19. The lowest BCUT2D eigenvalue weighted by Gasteiger charge is -2.33. The van der Waals surface area contributed by atoms with Crippen molar-refractivity contribution in [1.82, 2.24) is 10.2 Å². The van der Waals surface area contributed by atoms with Gasteiger partial charge < -0.3 is 10.2 Å². The highest BCUT2D eigenvalue weighted by Gasteiger charge is 2.43. The first-order chi connectivity index (χ1) is 6.12. The molecular weight excluding hydrogens is 181 g/mol. The van der Waals surface area contributed by atoms with E-state index >= 15 is 0 Å². The number of likely N-dealkylation sites (tertiary alicyclic amines) is 1. The third-order valence-corrected chi connectivity index (χ3v) is 3.39. The van der Waals surface area contributed by atoms with Gasteiger partial charge in [0.15, 0.2) is 0 Å². The Hall–Kier alpha value is -0.368. The minimum atomic E-state index is -0.385. The molecule has 2 heterocycles. The Bertz CT molecular complexity index is 269. The number of carbonyl (C=O) groups excluding carboxylic acids is 1. The summed E-state index contributed by atoms with van der Waals surface area (Å²) < 4.78 is 0.912. The van der Waals surface area contributed by atoms with Gasteiger partial charge in [-0.3, -0.25) is 9.79 Å². The van der Waals surface area contributed by atoms with Gasteiger partial charge in [-0.05, 0) is 19.9 Å². The molecule has 1 N–H and O–H groups in total. The van der Waals surface area contributed by atoms with E-state index in [4.69, 9.17) is 0 Å². The molecule has 0 atom stereocenters. The van der Waals surface area contributed by atoms with Crippen LogP contribution < -0.4 is 5.32 Å². The second kappa shape index (κ2) is 3.09. The van der Waals surface area contributed by atoms with Gasteiger partial charge in [0.25, 0.3) is 5.91 Å². The highest BCUT2D eigenvalue weighted by atomic mass is 27.0. The minimum Gasteiger partial charge on any atom is -0.329 e. The van der Waals surface area contributed by atoms with Crippen LogP contribution in [0.15, 0.2) is 4.99 Å². The molecule has 0 aromatic rings. The van der Waals surface area contributed by atoms with Crippen LogP contribution in [-0.4, -0.2) is 57.5 Å². The maximum Gasteiger partial charge on any atom is 0.317 e. The molecule has 13 heavy (non-hydrogen) atoms. The Morgan fingerprint density at radius 2 is 2.15 bits per heavy atom. The molecule has 1 spiro atoms. The van der Waals surface area contributed by atoms with Crippen molar-refractivity contribution in [3.8, 4) is 0 Å². The SMILES string of the molecule is CN1CCC2(CC1)N=[C]([AlH2])NC2=O. The number of hydrogen-bond donors (Lipinski definition) is 1. The molecule has 2 rings (SSSR count). The van der Waals surface area contributed by atoms with Gasteiger partial charge >= 0.3 is 16.3 Å². The van der Waals surface area contributed by atoms with E-state index in [9.17, 15) is 4.79 Å². The fourth-order valence-corrected chi connectivity index (χ4v) is 2.66. The molecular formula is C8H14AlN3O. The van der Waals surface area contributed by atoms with E-state index < -0.39 is 0 Å². The van der Waals surface area contributed by atoms with Gasteiger partial charge in [0.1, 0.15) is 5.54 Å². The molecule has 0 aromatic carbocycles. The Balaban J connectivity index is 2.17. The predicted molar refractivity (Wildman–Crippen MR) is 53.6 cm³/mol. The predicted octanol–water partition coefficient (Wildman–Crippen LogP) is -1.43. The van der Waals surface area contributed by atoms with Gasteiger partial charge in [-0.15, -0.1) is 0 Å². The maximum absolute atomic E-state index is 11.6. The third-order valence-electron chi connectivity index (χ3n) is 2.91. The van der Waals surface area contributed by atoms with Crippen LogP contribution in [0.2, 0.25) is 0 Å². The van der Waals surface area contributed by atoms with Crippen molar-refractivity contribution in [1.29, 1.82) is 0 Å². The van der Waals surface area contributed by atoms with Crippen LogP contribution in [0.3, 0.4) is 0 Å². The molecule has 0 aromatic heterocycles. The molecule has 4 nitrogen and oxygen atoms in total. The lowest BCUT2D eigenvalue weighted by Crippen LogP contribution is -2.47. The molecule has 1 saturated heterocycles. The topological polar surface area (TPSA) is 44.7 Å². The number of aliphatic imine (C=N–C) groups is 1. The largest absolute Gasteiger partial charge is 0.329 e. The van der Waals surface area contributed by atoms with E-state index in [-0.39, 0.29) is 11.4 Å². The summed E-state index contributed by atoms with van der Waals surface area (Å²) in [6.45, 7) is 1.96. The maximum atomic E-state index is 11.6. The van der Waals surface area contributed by atoms with Gasteiger partial charge in [0.2, 0.25) is 0 Å². The molecule has 0 aliphatic carbocycles. The van der Waals surface area contributed by atoms with Crippen molar-refractivity contribution in [3.05, 3.63) is 0 Å². The molecule has 1 fully saturated rings. The van der Waals surface area contributed by atoms with Crippen molar-refractivity contribution in [2.75, 3.05) is 20.1 Å². The zero-order valence-electron chi connectivity index (χ0n) is 8.13. The molecule has 0 saturated carbocycles. The van der Waals surface area contributed by atoms with Crippen LogP contribution >= 0.6 is 0 Å². The van der Waals surface area contributed by atoms with Crippen molar-refractivity contribution < 1.29 is 4.79 Å². The number of rotatable bonds is 0. The van der Waals surface area contributed by atoms with Gasteiger partial charge in [-0.2, -0.15) is 0 Å². The Morgan fingerprint density at radius 1 is 1.54 bits per heavy atom. The number of nitrogens with zero attached hydrogens (tertiary/aromatic N) is 2. The Labute approximate surface area is 85.8 Å². The molecule has 5 heteroatoms. The van der Waals surface area contributed by atoms with Gasteiger partial charge in [-0.25, -0.2) is 0 Å². The van der Waals surface area contributed by atoms with Gasteiger partial charge in [0.05, 0.1) is 0 Å². The molecule has 0 unspecified atom stereocenters. The molecule has 2 aliphatic rings. The normalized spacial score (nSPS) is 27.5. The second-order valence-electron chi connectivity index (χ2n) is 3.99. The Morgan fingerprint density at radius 3 is 2.62 bits per heavy atom. The van der Waals surface area contributed by atoms with Crippen LogP contribution in [0.25, 0.3) is 0 Å². The summed E-state index contributed by atoms with van der Waals surface area (Å²) in [6.07, 6.45) is 1.75. The van der Waals surface area contributed by atoms with Crippen molar-refractivity contribution in [3.63, 3.8) is 0 Å². The first kappa shape index (κ1) is 9.20. The van der Waals surface area contributed by atoms with E-state index in [1.165, 1.54) is 0 Å². The van der Waals surface area contributed by atoms with E-state index in [0.717, 1.165) is 46.9 Å². The number of carbonyl (C=O) groups is 1. The standard InChI is InChI=1S/C8H12N3O.Al.2H/c1-11-4-2-8(3-5-11)7(12)9-6-10-8;;;/h2-5H2,1H3,(H,9,10,12);;;. The summed E-state index contributed by atoms with van der Waals surface area (Å²) in [5, 5.41) is 2.85. The average Bonchev–Trinajstić information content (AvgIpc) is 2.34. The zero-order valence-corrected chi connectivity index (χ0v) is 10.1. The number of nitrogens with one attached hydrogen (secondary N) is 1. The van der Waals surface area contributed by atoms with Gasteiger partial charge in [0, 0.05) is 17.8 Å². The van der Waals surface area contributed by atoms with Gasteiger partial charge in [-0.1, -0.05) is 0 Å². The highest BCUT2D eigenvalue weighted by molar-refractivity contribution is 6.61. The fraction of sp³-hybridized carbons (Fsp3) is 0.750. The van der Waals surface area contributed by atoms with Crippen molar-refractivity contribution in [2.24, 2.45) is 4.99 Å². The van der Waals surface area contributed by atoms with Crippen LogP contribution in [0.4, 0.5) is 0 Å². The smallest absolute Gasteiger partial charge is 0.317 e. The van der Waals surface area contributed by atoms with Crippen LogP contribution in [0.5, 0.6) is 0 Å². The minimum absolute atomic E-state index is 0.130. The first-order valence-electron chi connectivity index (χ1n) is 4.69. The fourth-order valence-electron chi connectivity index (χ4n) is 2.01. The highest BCUT2D eigenvalue weighted by Crippen LogP contribution is 2.28. The van der Waals surface area contributed by atoms with E-state index in [2.05, 4.69) is 22.3 Å². The second-order valence-corrected chi connectivity index (χ2v) is 4.93. The molecule has 70 valence electrons. The molecule has 2 aliphatic heterocycles. The van der Waals surface area contributed by atoms with Crippen LogP contribution in [-0.2, 0) is 4.79 Å². The average molecular weight is 195 g/mol. The summed E-state index contributed by atoms with van der Waals surface area (Å²) in [6, 6.07) is 0. The molecule has 0 bridgehead atoms. The lowest BCUT2D eigenvalue weighted by molar-refractivity contribution is -0.125.